The highest BCUT2D eigenvalue weighted by Gasteiger charge is 2.05. The Morgan fingerprint density at radius 1 is 1.19 bits per heavy atom. The molecule has 0 radical (unpaired) electrons. The maximum atomic E-state index is 5.95. The summed E-state index contributed by atoms with van der Waals surface area (Å²) in [7, 11) is 0. The molecule has 0 aliphatic rings. The van der Waals surface area contributed by atoms with Crippen LogP contribution in [0.15, 0.2) is 24.3 Å². The van der Waals surface area contributed by atoms with Gasteiger partial charge in [0.2, 0.25) is 0 Å². The van der Waals surface area contributed by atoms with Crippen molar-refractivity contribution in [2.45, 2.75) is 52.2 Å². The molecular weight excluding hydrogens is 198 g/mol. The number of ether oxygens (including phenoxy) is 1. The second-order valence-corrected chi connectivity index (χ2v) is 4.30. The molecule has 0 spiro atoms. The van der Waals surface area contributed by atoms with Crippen molar-refractivity contribution in [3.8, 4) is 5.75 Å². The molecule has 0 saturated heterocycles. The van der Waals surface area contributed by atoms with E-state index in [2.05, 4.69) is 32.9 Å². The van der Waals surface area contributed by atoms with Gasteiger partial charge in [0.15, 0.2) is 0 Å². The lowest BCUT2D eigenvalue weighted by Gasteiger charge is -2.15. The second kappa shape index (κ2) is 6.54. The molecule has 2 heteroatoms. The predicted octanol–water partition coefficient (Wildman–Crippen LogP) is 3.66. The average molecular weight is 221 g/mol. The summed E-state index contributed by atoms with van der Waals surface area (Å²) in [4.78, 5) is 0. The number of benzene rings is 1. The van der Waals surface area contributed by atoms with Gasteiger partial charge in [0.1, 0.15) is 5.75 Å². The number of hydrogen-bond donors (Lipinski definition) is 1. The van der Waals surface area contributed by atoms with Gasteiger partial charge in [-0.2, -0.15) is 0 Å². The molecule has 16 heavy (non-hydrogen) atoms. The first kappa shape index (κ1) is 13.0. The number of rotatable bonds is 6. The Balaban J connectivity index is 2.57. The molecule has 0 aliphatic carbocycles. The van der Waals surface area contributed by atoms with Crippen LogP contribution >= 0.6 is 0 Å². The summed E-state index contributed by atoms with van der Waals surface area (Å²) in [5.74, 6) is 0.938. The molecular formula is C14H23NO. The van der Waals surface area contributed by atoms with E-state index in [9.17, 15) is 0 Å². The Bertz CT molecular complexity index is 294. The van der Waals surface area contributed by atoms with Gasteiger partial charge in [0.25, 0.3) is 0 Å². The monoisotopic (exact) mass is 221 g/mol. The number of hydrogen-bond acceptors (Lipinski definition) is 2. The van der Waals surface area contributed by atoms with Crippen molar-refractivity contribution in [1.29, 1.82) is 0 Å². The highest BCUT2D eigenvalue weighted by atomic mass is 16.5. The van der Waals surface area contributed by atoms with Gasteiger partial charge in [-0.3, -0.25) is 0 Å². The summed E-state index contributed by atoms with van der Waals surface area (Å²) in [5.41, 5.74) is 7.13. The predicted molar refractivity (Wildman–Crippen MR) is 68.7 cm³/mol. The normalized spacial score (nSPS) is 14.5. The summed E-state index contributed by atoms with van der Waals surface area (Å²) < 4.78 is 5.78. The van der Waals surface area contributed by atoms with Crippen molar-refractivity contribution in [3.63, 3.8) is 0 Å². The smallest absolute Gasteiger partial charge is 0.119 e. The molecule has 0 aromatic heterocycles. The van der Waals surface area contributed by atoms with Gasteiger partial charge in [-0.15, -0.1) is 0 Å². The molecule has 0 saturated carbocycles. The molecule has 0 amide bonds. The fourth-order valence-corrected chi connectivity index (χ4v) is 1.73. The van der Waals surface area contributed by atoms with Crippen LogP contribution in [0.25, 0.3) is 0 Å². The van der Waals surface area contributed by atoms with Crippen LogP contribution in [0.3, 0.4) is 0 Å². The van der Waals surface area contributed by atoms with E-state index in [1.165, 1.54) is 5.56 Å². The third kappa shape index (κ3) is 3.86. The average Bonchev–Trinajstić information content (AvgIpc) is 2.29. The van der Waals surface area contributed by atoms with Crippen LogP contribution < -0.4 is 10.5 Å². The third-order valence-corrected chi connectivity index (χ3v) is 2.78. The summed E-state index contributed by atoms with van der Waals surface area (Å²) in [6.45, 7) is 6.37. The second-order valence-electron chi connectivity index (χ2n) is 4.30. The van der Waals surface area contributed by atoms with E-state index in [0.717, 1.165) is 25.0 Å². The molecule has 0 aliphatic heterocycles. The van der Waals surface area contributed by atoms with Crippen molar-refractivity contribution in [2.24, 2.45) is 5.73 Å². The van der Waals surface area contributed by atoms with Crippen LogP contribution in [0, 0.1) is 0 Å². The van der Waals surface area contributed by atoms with Gasteiger partial charge < -0.3 is 10.5 Å². The molecule has 0 heterocycles. The minimum Gasteiger partial charge on any atom is -0.491 e. The van der Waals surface area contributed by atoms with Crippen molar-refractivity contribution >= 4 is 0 Å². The summed E-state index contributed by atoms with van der Waals surface area (Å²) in [5, 5.41) is 0. The molecule has 1 aromatic rings. The lowest BCUT2D eigenvalue weighted by Crippen LogP contribution is -2.11. The van der Waals surface area contributed by atoms with Crippen LogP contribution in [-0.2, 0) is 0 Å². The maximum absolute atomic E-state index is 5.95. The van der Waals surface area contributed by atoms with Crippen LogP contribution in [0.2, 0.25) is 0 Å². The molecule has 2 atom stereocenters. The topological polar surface area (TPSA) is 35.2 Å². The fraction of sp³-hybridized carbons (Fsp3) is 0.571. The zero-order valence-electron chi connectivity index (χ0n) is 10.6. The first-order chi connectivity index (χ1) is 7.67. The van der Waals surface area contributed by atoms with Gasteiger partial charge >= 0.3 is 0 Å². The fourth-order valence-electron chi connectivity index (χ4n) is 1.73. The molecule has 1 unspecified atom stereocenters. The zero-order valence-corrected chi connectivity index (χ0v) is 10.6. The van der Waals surface area contributed by atoms with Gasteiger partial charge in [-0.05, 0) is 37.5 Å². The minimum absolute atomic E-state index is 0.141. The third-order valence-electron chi connectivity index (χ3n) is 2.78. The molecule has 1 aromatic carbocycles. The van der Waals surface area contributed by atoms with Crippen LogP contribution in [0.4, 0.5) is 0 Å². The quantitative estimate of drug-likeness (QED) is 0.795. The van der Waals surface area contributed by atoms with Gasteiger partial charge in [0, 0.05) is 6.04 Å². The molecule has 2 N–H and O–H groups in total. The Morgan fingerprint density at radius 3 is 2.31 bits per heavy atom. The van der Waals surface area contributed by atoms with Crippen molar-refractivity contribution in [3.05, 3.63) is 29.8 Å². The van der Waals surface area contributed by atoms with E-state index >= 15 is 0 Å². The Morgan fingerprint density at radius 2 is 1.81 bits per heavy atom. The van der Waals surface area contributed by atoms with Gasteiger partial charge in [0.05, 0.1) is 6.10 Å². The largest absolute Gasteiger partial charge is 0.491 e. The summed E-state index contributed by atoms with van der Waals surface area (Å²) >= 11 is 0. The number of nitrogens with two attached hydrogens (primary N) is 1. The van der Waals surface area contributed by atoms with E-state index in [1.54, 1.807) is 0 Å². The maximum Gasteiger partial charge on any atom is 0.119 e. The molecule has 1 rings (SSSR count). The molecule has 90 valence electrons. The highest BCUT2D eigenvalue weighted by molar-refractivity contribution is 5.29. The van der Waals surface area contributed by atoms with Gasteiger partial charge in [-0.1, -0.05) is 32.4 Å². The van der Waals surface area contributed by atoms with Crippen molar-refractivity contribution in [1.82, 2.24) is 0 Å². The standard InChI is InChI=1S/C14H23NO/c1-4-6-11(3)16-13-9-7-12(8-10-13)14(15)5-2/h7-11,14H,4-6,15H2,1-3H3/t11?,14-/m0/s1. The van der Waals surface area contributed by atoms with Gasteiger partial charge in [-0.25, -0.2) is 0 Å². The lowest BCUT2D eigenvalue weighted by molar-refractivity contribution is 0.210. The van der Waals surface area contributed by atoms with E-state index in [4.69, 9.17) is 10.5 Å². The van der Waals surface area contributed by atoms with Crippen LogP contribution in [0.1, 0.15) is 51.6 Å². The lowest BCUT2D eigenvalue weighted by atomic mass is 10.1. The first-order valence-corrected chi connectivity index (χ1v) is 6.19. The van der Waals surface area contributed by atoms with Crippen molar-refractivity contribution in [2.75, 3.05) is 0 Å². The van der Waals surface area contributed by atoms with E-state index in [0.29, 0.717) is 0 Å². The van der Waals surface area contributed by atoms with E-state index in [1.807, 2.05) is 12.1 Å². The summed E-state index contributed by atoms with van der Waals surface area (Å²) in [6.07, 6.45) is 3.50. The van der Waals surface area contributed by atoms with Crippen LogP contribution in [0.5, 0.6) is 5.75 Å². The van der Waals surface area contributed by atoms with Crippen molar-refractivity contribution < 1.29 is 4.74 Å². The van der Waals surface area contributed by atoms with Crippen LogP contribution in [-0.4, -0.2) is 6.10 Å². The zero-order chi connectivity index (χ0) is 12.0. The molecule has 0 bridgehead atoms. The first-order valence-electron chi connectivity index (χ1n) is 6.19. The van der Waals surface area contributed by atoms with E-state index in [-0.39, 0.29) is 12.1 Å². The molecule has 2 nitrogen and oxygen atoms in total. The Hall–Kier alpha value is -1.02. The Labute approximate surface area is 98.8 Å². The Kier molecular flexibility index (Phi) is 5.33. The molecule has 0 fully saturated rings. The highest BCUT2D eigenvalue weighted by Crippen LogP contribution is 2.19. The minimum atomic E-state index is 0.141. The SMILES string of the molecule is CCCC(C)Oc1ccc([C@@H](N)CC)cc1. The van der Waals surface area contributed by atoms with E-state index < -0.39 is 0 Å². The summed E-state index contributed by atoms with van der Waals surface area (Å²) in [6, 6.07) is 8.28.